The van der Waals surface area contributed by atoms with E-state index in [1.165, 1.54) is 0 Å². The Morgan fingerprint density at radius 3 is 2.60 bits per heavy atom. The van der Waals surface area contributed by atoms with Crippen LogP contribution in [0.4, 0.5) is 22.0 Å². The summed E-state index contributed by atoms with van der Waals surface area (Å²) in [6.45, 7) is -0.316. The fraction of sp³-hybridized carbons (Fsp3) is 0.409. The summed E-state index contributed by atoms with van der Waals surface area (Å²) in [5.41, 5.74) is 0.254. The van der Waals surface area contributed by atoms with Crippen LogP contribution < -0.4 is 11.2 Å². The van der Waals surface area contributed by atoms with Crippen LogP contribution in [-0.2, 0) is 11.3 Å². The number of aromatic hydroxyl groups is 1. The van der Waals surface area contributed by atoms with Gasteiger partial charge in [0.2, 0.25) is 5.43 Å². The van der Waals surface area contributed by atoms with Crippen molar-refractivity contribution in [2.75, 3.05) is 0 Å². The third-order valence-electron chi connectivity index (χ3n) is 6.99. The Balaban J connectivity index is 1.60. The number of ether oxygens (including phenoxy) is 1. The molecule has 4 atom stereocenters. The highest BCUT2D eigenvalue weighted by molar-refractivity contribution is 5.98. The highest BCUT2D eigenvalue weighted by Crippen LogP contribution is 2.56. The Morgan fingerprint density at radius 1 is 1.26 bits per heavy atom. The second-order valence-electron chi connectivity index (χ2n) is 8.97. The second-order valence-corrected chi connectivity index (χ2v) is 8.97. The first kappa shape index (κ1) is 23.3. The van der Waals surface area contributed by atoms with Crippen molar-refractivity contribution in [3.63, 3.8) is 0 Å². The predicted octanol–water partition coefficient (Wildman–Crippen LogP) is 2.38. The molecule has 2 aliphatic heterocycles. The molecule has 2 fully saturated rings. The van der Waals surface area contributed by atoms with Crippen molar-refractivity contribution < 1.29 is 41.4 Å². The number of nitrogens with two attached hydrogens (primary N) is 1. The number of alkyl halides is 3. The number of halogens is 5. The molecule has 1 aromatic heterocycles. The Morgan fingerprint density at radius 2 is 1.97 bits per heavy atom. The van der Waals surface area contributed by atoms with E-state index in [9.17, 15) is 41.4 Å². The standard InChI is InChI=1S/C22H18F5N3O5/c23-9-1-2-11(13(24)5-9)18(22(25,26)27)21-4-3-10(6-21)30-14(35-21)8-29-7-12(19(28)33)16(31)17(32)15(29)20(30)34/h1-2,5,7,10,14,18,32H,3-4,6,8H2,(H2,28,33)/t10?,14?,18-,21?/m0/s1. The zero-order chi connectivity index (χ0) is 25.4. The number of carbonyl (C=O) groups is 2. The normalized spacial score (nSPS) is 26.3. The number of aromatic nitrogens is 1. The number of carbonyl (C=O) groups excluding carboxylic acids is 2. The summed E-state index contributed by atoms with van der Waals surface area (Å²) in [5, 5.41) is 10.3. The maximum atomic E-state index is 14.5. The topological polar surface area (TPSA) is 115 Å². The molecule has 3 aliphatic rings. The van der Waals surface area contributed by atoms with E-state index in [2.05, 4.69) is 0 Å². The number of nitrogens with zero attached hydrogens (tertiary/aromatic N) is 2. The SMILES string of the molecule is NC(=O)c1cn2c(c(O)c1=O)C(=O)N1C3CCC([C@H](c4ccc(F)cc4F)C(F)(F)F)(C3)OC1C2. The summed E-state index contributed by atoms with van der Waals surface area (Å²) in [4.78, 5) is 38.2. The molecule has 3 unspecified atom stereocenters. The summed E-state index contributed by atoms with van der Waals surface area (Å²) in [6, 6.07) is 1.09. The molecule has 0 radical (unpaired) electrons. The van der Waals surface area contributed by atoms with Crippen LogP contribution in [0.5, 0.6) is 5.75 Å². The van der Waals surface area contributed by atoms with Gasteiger partial charge in [-0.05, 0) is 25.3 Å². The van der Waals surface area contributed by atoms with Crippen molar-refractivity contribution >= 4 is 11.8 Å². The Labute approximate surface area is 193 Å². The average molecular weight is 499 g/mol. The van der Waals surface area contributed by atoms with Crippen LogP contribution in [-0.4, -0.2) is 50.4 Å². The summed E-state index contributed by atoms with van der Waals surface area (Å²) < 4.78 is 78.0. The van der Waals surface area contributed by atoms with Gasteiger partial charge >= 0.3 is 6.18 Å². The number of benzene rings is 1. The summed E-state index contributed by atoms with van der Waals surface area (Å²) in [6.07, 6.45) is -5.67. The van der Waals surface area contributed by atoms with Crippen LogP contribution >= 0.6 is 0 Å². The number of pyridine rings is 1. The fourth-order valence-corrected chi connectivity index (χ4v) is 5.65. The van der Waals surface area contributed by atoms with Crippen molar-refractivity contribution in [2.45, 2.75) is 55.8 Å². The summed E-state index contributed by atoms with van der Waals surface area (Å²) in [5.74, 6) is -7.86. The second kappa shape index (κ2) is 7.51. The van der Waals surface area contributed by atoms with E-state index >= 15 is 0 Å². The van der Waals surface area contributed by atoms with E-state index in [4.69, 9.17) is 10.5 Å². The first-order chi connectivity index (χ1) is 16.3. The van der Waals surface area contributed by atoms with Gasteiger partial charge in [-0.1, -0.05) is 6.07 Å². The third kappa shape index (κ3) is 3.39. The molecular weight excluding hydrogens is 481 g/mol. The molecule has 5 rings (SSSR count). The van der Waals surface area contributed by atoms with Gasteiger partial charge < -0.3 is 25.0 Å². The van der Waals surface area contributed by atoms with Crippen molar-refractivity contribution in [1.29, 1.82) is 0 Å². The van der Waals surface area contributed by atoms with Gasteiger partial charge in [-0.25, -0.2) is 8.78 Å². The molecule has 1 aromatic carbocycles. The fourth-order valence-electron chi connectivity index (χ4n) is 5.65. The Hall–Kier alpha value is -3.48. The lowest BCUT2D eigenvalue weighted by Gasteiger charge is -2.50. The summed E-state index contributed by atoms with van der Waals surface area (Å²) >= 11 is 0. The molecule has 1 saturated carbocycles. The lowest BCUT2D eigenvalue weighted by atomic mass is 9.78. The molecular formula is C22H18F5N3O5. The van der Waals surface area contributed by atoms with Crippen LogP contribution in [0.1, 0.15) is 51.6 Å². The van der Waals surface area contributed by atoms with Crippen molar-refractivity contribution in [1.82, 2.24) is 9.47 Å². The molecule has 186 valence electrons. The molecule has 1 saturated heterocycles. The third-order valence-corrected chi connectivity index (χ3v) is 6.99. The molecule has 1 aliphatic carbocycles. The maximum Gasteiger partial charge on any atom is 0.398 e. The van der Waals surface area contributed by atoms with E-state index in [1.807, 2.05) is 0 Å². The molecule has 2 aromatic rings. The van der Waals surface area contributed by atoms with E-state index in [-0.39, 0.29) is 25.8 Å². The molecule has 2 amide bonds. The predicted molar refractivity (Wildman–Crippen MR) is 107 cm³/mol. The van der Waals surface area contributed by atoms with Crippen molar-refractivity contribution in [3.05, 3.63) is 63.1 Å². The van der Waals surface area contributed by atoms with Gasteiger partial charge in [-0.2, -0.15) is 13.2 Å². The smallest absolute Gasteiger partial charge is 0.398 e. The molecule has 13 heteroatoms. The molecule has 2 bridgehead atoms. The Kier molecular flexibility index (Phi) is 4.99. The van der Waals surface area contributed by atoms with Crippen LogP contribution in [0.15, 0.2) is 29.2 Å². The van der Waals surface area contributed by atoms with Crippen LogP contribution in [0, 0.1) is 11.6 Å². The number of primary amides is 1. The maximum absolute atomic E-state index is 14.5. The minimum Gasteiger partial charge on any atom is -0.503 e. The largest absolute Gasteiger partial charge is 0.503 e. The molecule has 3 N–H and O–H groups in total. The van der Waals surface area contributed by atoms with E-state index < -0.39 is 81.4 Å². The number of hydrogen-bond donors (Lipinski definition) is 2. The van der Waals surface area contributed by atoms with Gasteiger partial charge in [0, 0.05) is 23.9 Å². The average Bonchev–Trinajstić information content (AvgIpc) is 3.08. The Bertz CT molecular complexity index is 1330. The quantitative estimate of drug-likeness (QED) is 0.630. The van der Waals surface area contributed by atoms with Crippen LogP contribution in [0.2, 0.25) is 0 Å². The van der Waals surface area contributed by atoms with Gasteiger partial charge in [0.15, 0.2) is 17.7 Å². The van der Waals surface area contributed by atoms with Crippen LogP contribution in [0.3, 0.4) is 0 Å². The van der Waals surface area contributed by atoms with Gasteiger partial charge in [0.05, 0.1) is 12.1 Å². The highest BCUT2D eigenvalue weighted by atomic mass is 19.4. The number of hydrogen-bond acceptors (Lipinski definition) is 5. The minimum absolute atomic E-state index is 0.0853. The van der Waals surface area contributed by atoms with E-state index in [0.29, 0.717) is 6.07 Å². The monoisotopic (exact) mass is 499 g/mol. The van der Waals surface area contributed by atoms with Gasteiger partial charge in [-0.3, -0.25) is 14.4 Å². The number of rotatable bonds is 3. The van der Waals surface area contributed by atoms with Crippen molar-refractivity contribution in [3.8, 4) is 5.75 Å². The van der Waals surface area contributed by atoms with Crippen LogP contribution in [0.25, 0.3) is 0 Å². The molecule has 0 spiro atoms. The summed E-state index contributed by atoms with van der Waals surface area (Å²) in [7, 11) is 0. The van der Waals surface area contributed by atoms with Gasteiger partial charge in [0.25, 0.3) is 11.8 Å². The van der Waals surface area contributed by atoms with E-state index in [1.54, 1.807) is 0 Å². The lowest BCUT2D eigenvalue weighted by molar-refractivity contribution is -0.252. The lowest BCUT2D eigenvalue weighted by Crippen LogP contribution is -2.62. The van der Waals surface area contributed by atoms with Crippen molar-refractivity contribution in [2.24, 2.45) is 5.73 Å². The highest BCUT2D eigenvalue weighted by Gasteiger charge is 2.64. The first-order valence-corrected chi connectivity index (χ1v) is 10.6. The van der Waals surface area contributed by atoms with E-state index in [0.717, 1.165) is 27.8 Å². The minimum atomic E-state index is -4.96. The van der Waals surface area contributed by atoms with Gasteiger partial charge in [-0.15, -0.1) is 0 Å². The molecule has 3 heterocycles. The number of amides is 2. The first-order valence-electron chi connectivity index (χ1n) is 10.6. The number of fused-ring (bicyclic) bond motifs is 5. The zero-order valence-electron chi connectivity index (χ0n) is 17.8. The molecule has 35 heavy (non-hydrogen) atoms. The van der Waals surface area contributed by atoms with Gasteiger partial charge in [0.1, 0.15) is 23.1 Å². The molecule has 8 nitrogen and oxygen atoms in total. The zero-order valence-corrected chi connectivity index (χ0v) is 17.8.